The first kappa shape index (κ1) is 15.2. The van der Waals surface area contributed by atoms with E-state index in [-0.39, 0.29) is 5.91 Å². The highest BCUT2D eigenvalue weighted by Crippen LogP contribution is 2.22. The van der Waals surface area contributed by atoms with Gasteiger partial charge in [-0.25, -0.2) is 9.97 Å². The van der Waals surface area contributed by atoms with Gasteiger partial charge >= 0.3 is 0 Å². The summed E-state index contributed by atoms with van der Waals surface area (Å²) in [5.74, 6) is 0.132. The maximum atomic E-state index is 11.8. The molecule has 0 aliphatic rings. The second-order valence-corrected chi connectivity index (χ2v) is 4.56. The fourth-order valence-electron chi connectivity index (χ4n) is 1.56. The van der Waals surface area contributed by atoms with Gasteiger partial charge in [0.15, 0.2) is 0 Å². The van der Waals surface area contributed by atoms with Crippen LogP contribution < -0.4 is 10.6 Å². The van der Waals surface area contributed by atoms with Crippen molar-refractivity contribution in [2.24, 2.45) is 0 Å². The minimum atomic E-state index is -0.239. The van der Waals surface area contributed by atoms with Crippen molar-refractivity contribution in [2.45, 2.75) is 0 Å². The van der Waals surface area contributed by atoms with Gasteiger partial charge < -0.3 is 15.4 Å². The zero-order valence-corrected chi connectivity index (χ0v) is 12.2. The van der Waals surface area contributed by atoms with Crippen LogP contribution in [0.15, 0.2) is 36.7 Å². The molecule has 2 aromatic rings. The Morgan fingerprint density at radius 1 is 1.29 bits per heavy atom. The summed E-state index contributed by atoms with van der Waals surface area (Å²) in [4.78, 5) is 19.9. The van der Waals surface area contributed by atoms with E-state index in [0.29, 0.717) is 35.4 Å². The first-order valence-electron chi connectivity index (χ1n) is 6.31. The van der Waals surface area contributed by atoms with E-state index in [9.17, 15) is 4.79 Å². The smallest absolute Gasteiger partial charge is 0.254 e. The third-order valence-corrected chi connectivity index (χ3v) is 2.96. The third-order valence-electron chi connectivity index (χ3n) is 2.63. The normalized spacial score (nSPS) is 10.2. The quantitative estimate of drug-likeness (QED) is 0.801. The van der Waals surface area contributed by atoms with E-state index in [2.05, 4.69) is 20.6 Å². The molecule has 1 aromatic carbocycles. The number of carbonyl (C=O) groups excluding carboxylic acids is 1. The van der Waals surface area contributed by atoms with Gasteiger partial charge in [-0.2, -0.15) is 0 Å². The van der Waals surface area contributed by atoms with Crippen LogP contribution in [0.25, 0.3) is 0 Å². The van der Waals surface area contributed by atoms with Crippen molar-refractivity contribution in [3.63, 3.8) is 0 Å². The molecule has 0 bridgehead atoms. The lowest BCUT2D eigenvalue weighted by atomic mass is 10.3. The number of aromatic nitrogens is 2. The van der Waals surface area contributed by atoms with Crippen molar-refractivity contribution < 1.29 is 9.53 Å². The Balaban J connectivity index is 1.99. The molecule has 0 saturated carbocycles. The number of anilines is 2. The third kappa shape index (κ3) is 4.40. The van der Waals surface area contributed by atoms with Crippen molar-refractivity contribution in [3.8, 4) is 0 Å². The van der Waals surface area contributed by atoms with E-state index in [1.54, 1.807) is 13.2 Å². The highest BCUT2D eigenvalue weighted by molar-refractivity contribution is 6.33. The standard InChI is InChI=1S/C14H15ClN4O2/c1-21-7-6-16-13(20)10-8-17-14(18-9-10)19-12-5-3-2-4-11(12)15/h2-5,8-9H,6-7H2,1H3,(H,16,20)(H,17,18,19). The van der Waals surface area contributed by atoms with Crippen molar-refractivity contribution in [2.75, 3.05) is 25.6 Å². The molecular weight excluding hydrogens is 292 g/mol. The summed E-state index contributed by atoms with van der Waals surface area (Å²) in [5.41, 5.74) is 1.09. The maximum Gasteiger partial charge on any atom is 0.254 e. The number of nitrogens with zero attached hydrogens (tertiary/aromatic N) is 2. The number of benzene rings is 1. The van der Waals surface area contributed by atoms with Gasteiger partial charge in [-0.15, -0.1) is 0 Å². The number of rotatable bonds is 6. The molecule has 2 rings (SSSR count). The molecule has 2 N–H and O–H groups in total. The van der Waals surface area contributed by atoms with Crippen LogP contribution in [0.5, 0.6) is 0 Å². The molecule has 0 aliphatic heterocycles. The average Bonchev–Trinajstić information content (AvgIpc) is 2.50. The monoisotopic (exact) mass is 306 g/mol. The largest absolute Gasteiger partial charge is 0.383 e. The topological polar surface area (TPSA) is 76.1 Å². The number of amides is 1. The summed E-state index contributed by atoms with van der Waals surface area (Å²) in [6.45, 7) is 0.897. The molecule has 0 fully saturated rings. The summed E-state index contributed by atoms with van der Waals surface area (Å²) < 4.78 is 4.86. The van der Waals surface area contributed by atoms with Crippen molar-refractivity contribution >= 4 is 29.1 Å². The van der Waals surface area contributed by atoms with E-state index >= 15 is 0 Å². The summed E-state index contributed by atoms with van der Waals surface area (Å²) >= 11 is 6.03. The maximum absolute atomic E-state index is 11.8. The predicted molar refractivity (Wildman–Crippen MR) is 81.0 cm³/mol. The minimum Gasteiger partial charge on any atom is -0.383 e. The molecule has 6 nitrogen and oxygen atoms in total. The zero-order chi connectivity index (χ0) is 15.1. The molecule has 0 spiro atoms. The van der Waals surface area contributed by atoms with Crippen LogP contribution in [0.4, 0.5) is 11.6 Å². The SMILES string of the molecule is COCCNC(=O)c1cnc(Nc2ccccc2Cl)nc1. The Bertz CT molecular complexity index is 604. The molecule has 1 amide bonds. The Morgan fingerprint density at radius 2 is 2.00 bits per heavy atom. The number of ether oxygens (including phenoxy) is 1. The lowest BCUT2D eigenvalue weighted by Gasteiger charge is -2.07. The number of hydrogen-bond donors (Lipinski definition) is 2. The molecule has 110 valence electrons. The molecule has 1 heterocycles. The molecule has 1 aromatic heterocycles. The predicted octanol–water partition coefficient (Wildman–Crippen LogP) is 2.25. The van der Waals surface area contributed by atoms with E-state index < -0.39 is 0 Å². The number of carbonyl (C=O) groups is 1. The number of halogens is 1. The Morgan fingerprint density at radius 3 is 2.67 bits per heavy atom. The average molecular weight is 307 g/mol. The van der Waals surface area contributed by atoms with Gasteiger partial charge in [0.25, 0.3) is 5.91 Å². The molecular formula is C14H15ClN4O2. The first-order chi connectivity index (χ1) is 10.2. The molecule has 0 unspecified atom stereocenters. The van der Waals surface area contributed by atoms with Crippen LogP contribution in [0.3, 0.4) is 0 Å². The van der Waals surface area contributed by atoms with E-state index in [1.165, 1.54) is 12.4 Å². The lowest BCUT2D eigenvalue weighted by molar-refractivity contribution is 0.0936. The molecule has 0 radical (unpaired) electrons. The van der Waals surface area contributed by atoms with Gasteiger partial charge in [-0.3, -0.25) is 4.79 Å². The summed E-state index contributed by atoms with van der Waals surface area (Å²) in [6, 6.07) is 7.27. The second-order valence-electron chi connectivity index (χ2n) is 4.15. The number of methoxy groups -OCH3 is 1. The number of nitrogens with one attached hydrogen (secondary N) is 2. The summed E-state index contributed by atoms with van der Waals surface area (Å²) in [6.07, 6.45) is 2.91. The first-order valence-corrected chi connectivity index (χ1v) is 6.69. The second kappa shape index (κ2) is 7.56. The zero-order valence-electron chi connectivity index (χ0n) is 11.5. The van der Waals surface area contributed by atoms with Crippen molar-refractivity contribution in [1.29, 1.82) is 0 Å². The number of para-hydroxylation sites is 1. The number of hydrogen-bond acceptors (Lipinski definition) is 5. The van der Waals surface area contributed by atoms with Crippen LogP contribution in [0, 0.1) is 0 Å². The van der Waals surface area contributed by atoms with Gasteiger partial charge in [0.05, 0.1) is 22.9 Å². The van der Waals surface area contributed by atoms with Crippen LogP contribution in [-0.2, 0) is 4.74 Å². The summed E-state index contributed by atoms with van der Waals surface area (Å²) in [5, 5.41) is 6.25. The van der Waals surface area contributed by atoms with Crippen molar-refractivity contribution in [1.82, 2.24) is 15.3 Å². The minimum absolute atomic E-state index is 0.239. The van der Waals surface area contributed by atoms with Gasteiger partial charge in [0, 0.05) is 26.0 Å². The Labute approximate surface area is 127 Å². The Kier molecular flexibility index (Phi) is 5.48. The van der Waals surface area contributed by atoms with Crippen LogP contribution in [-0.4, -0.2) is 36.1 Å². The highest BCUT2D eigenvalue weighted by Gasteiger charge is 2.07. The molecule has 0 aliphatic carbocycles. The molecule has 0 atom stereocenters. The van der Waals surface area contributed by atoms with E-state index in [4.69, 9.17) is 16.3 Å². The molecule has 21 heavy (non-hydrogen) atoms. The van der Waals surface area contributed by atoms with E-state index in [0.717, 1.165) is 0 Å². The van der Waals surface area contributed by atoms with Crippen LogP contribution in [0.1, 0.15) is 10.4 Å². The van der Waals surface area contributed by atoms with Crippen LogP contribution >= 0.6 is 11.6 Å². The fourth-order valence-corrected chi connectivity index (χ4v) is 1.74. The lowest BCUT2D eigenvalue weighted by Crippen LogP contribution is -2.27. The van der Waals surface area contributed by atoms with Gasteiger partial charge in [0.2, 0.25) is 5.95 Å². The molecule has 7 heteroatoms. The Hall–Kier alpha value is -2.18. The van der Waals surface area contributed by atoms with Gasteiger partial charge in [-0.05, 0) is 12.1 Å². The van der Waals surface area contributed by atoms with Crippen LogP contribution in [0.2, 0.25) is 5.02 Å². The summed E-state index contributed by atoms with van der Waals surface area (Å²) in [7, 11) is 1.57. The van der Waals surface area contributed by atoms with E-state index in [1.807, 2.05) is 18.2 Å². The van der Waals surface area contributed by atoms with Crippen molar-refractivity contribution in [3.05, 3.63) is 47.2 Å². The van der Waals surface area contributed by atoms with Gasteiger partial charge in [-0.1, -0.05) is 23.7 Å². The molecule has 0 saturated heterocycles. The van der Waals surface area contributed by atoms with Gasteiger partial charge in [0.1, 0.15) is 0 Å². The highest BCUT2D eigenvalue weighted by atomic mass is 35.5. The fraction of sp³-hybridized carbons (Fsp3) is 0.214.